The number of halogens is 3. The lowest BCUT2D eigenvalue weighted by Gasteiger charge is -2.11. The molecule has 3 rings (SSSR count). The molecule has 0 aliphatic heterocycles. The molecule has 0 saturated carbocycles. The molecule has 0 fully saturated rings. The van der Waals surface area contributed by atoms with Crippen molar-refractivity contribution in [2.45, 2.75) is 6.18 Å². The van der Waals surface area contributed by atoms with Crippen LogP contribution in [-0.2, 0) is 6.18 Å². The molecule has 8 heteroatoms. The van der Waals surface area contributed by atoms with E-state index in [1.807, 2.05) is 0 Å². The highest BCUT2D eigenvalue weighted by molar-refractivity contribution is 5.84. The highest BCUT2D eigenvalue weighted by Gasteiger charge is 2.34. The van der Waals surface area contributed by atoms with Gasteiger partial charge < -0.3 is 5.73 Å². The lowest BCUT2D eigenvalue weighted by Crippen LogP contribution is -2.09. The van der Waals surface area contributed by atoms with Gasteiger partial charge in [0.05, 0.1) is 17.4 Å². The van der Waals surface area contributed by atoms with Gasteiger partial charge in [0.25, 0.3) is 0 Å². The van der Waals surface area contributed by atoms with E-state index in [-0.39, 0.29) is 17.0 Å². The van der Waals surface area contributed by atoms with Crippen LogP contribution in [0, 0.1) is 0 Å². The predicted octanol–water partition coefficient (Wildman–Crippen LogP) is 2.69. The summed E-state index contributed by atoms with van der Waals surface area (Å²) in [5.41, 5.74) is 5.41. The third kappa shape index (κ3) is 2.35. The molecule has 0 aliphatic carbocycles. The fourth-order valence-corrected chi connectivity index (χ4v) is 1.89. The number of aromatic nitrogens is 4. The number of nitrogens with zero attached hydrogens (tertiary/aromatic N) is 4. The summed E-state index contributed by atoms with van der Waals surface area (Å²) in [6.07, 6.45) is -0.635. The Kier molecular flexibility index (Phi) is 2.93. The molecule has 3 aromatic heterocycles. The molecule has 21 heavy (non-hydrogen) atoms. The number of rotatable bonds is 1. The van der Waals surface area contributed by atoms with E-state index >= 15 is 0 Å². The molecule has 0 atom stereocenters. The molecule has 3 heterocycles. The first-order valence-corrected chi connectivity index (χ1v) is 5.86. The molecule has 0 bridgehead atoms. The van der Waals surface area contributed by atoms with Crippen molar-refractivity contribution in [3.8, 4) is 11.4 Å². The van der Waals surface area contributed by atoms with Crippen molar-refractivity contribution in [2.75, 3.05) is 5.73 Å². The van der Waals surface area contributed by atoms with Crippen LogP contribution in [-0.4, -0.2) is 19.9 Å². The summed E-state index contributed by atoms with van der Waals surface area (Å²) in [7, 11) is 0. The minimum Gasteiger partial charge on any atom is -0.397 e. The second-order valence-electron chi connectivity index (χ2n) is 4.22. The lowest BCUT2D eigenvalue weighted by atomic mass is 10.1. The van der Waals surface area contributed by atoms with E-state index < -0.39 is 11.7 Å². The van der Waals surface area contributed by atoms with Crippen molar-refractivity contribution < 1.29 is 13.2 Å². The van der Waals surface area contributed by atoms with E-state index in [1.54, 1.807) is 6.07 Å². The van der Waals surface area contributed by atoms with Crippen molar-refractivity contribution in [1.29, 1.82) is 0 Å². The van der Waals surface area contributed by atoms with Gasteiger partial charge in [-0.05, 0) is 18.2 Å². The number of pyridine rings is 2. The van der Waals surface area contributed by atoms with Crippen LogP contribution >= 0.6 is 0 Å². The fourth-order valence-electron chi connectivity index (χ4n) is 1.89. The molecule has 3 aromatic rings. The van der Waals surface area contributed by atoms with Crippen LogP contribution in [0.4, 0.5) is 18.9 Å². The molecule has 0 aliphatic rings. The van der Waals surface area contributed by atoms with Gasteiger partial charge in [-0.3, -0.25) is 4.98 Å². The van der Waals surface area contributed by atoms with Crippen molar-refractivity contribution in [3.63, 3.8) is 0 Å². The maximum Gasteiger partial charge on any atom is 0.418 e. The molecular formula is C13H8F3N5. The van der Waals surface area contributed by atoms with Gasteiger partial charge in [0.1, 0.15) is 16.9 Å². The van der Waals surface area contributed by atoms with Crippen LogP contribution in [0.1, 0.15) is 5.56 Å². The summed E-state index contributed by atoms with van der Waals surface area (Å²) in [6, 6.07) is 3.70. The van der Waals surface area contributed by atoms with Crippen LogP contribution in [0.5, 0.6) is 0 Å². The van der Waals surface area contributed by atoms with Gasteiger partial charge in [0.2, 0.25) is 0 Å². The molecule has 0 radical (unpaired) electrons. The average molecular weight is 291 g/mol. The number of nitrogens with two attached hydrogens (primary N) is 1. The molecular weight excluding hydrogens is 283 g/mol. The Hall–Kier alpha value is -2.77. The van der Waals surface area contributed by atoms with E-state index in [1.165, 1.54) is 24.7 Å². The van der Waals surface area contributed by atoms with E-state index in [0.717, 1.165) is 6.07 Å². The Morgan fingerprint density at radius 3 is 2.57 bits per heavy atom. The first-order valence-electron chi connectivity index (χ1n) is 5.86. The van der Waals surface area contributed by atoms with Gasteiger partial charge in [-0.2, -0.15) is 13.2 Å². The molecule has 0 spiro atoms. The van der Waals surface area contributed by atoms with Crippen LogP contribution in [0.2, 0.25) is 0 Å². The lowest BCUT2D eigenvalue weighted by molar-refractivity contribution is -0.137. The molecule has 0 amide bonds. The van der Waals surface area contributed by atoms with Gasteiger partial charge >= 0.3 is 6.18 Å². The van der Waals surface area contributed by atoms with Crippen molar-refractivity contribution in [3.05, 3.63) is 42.4 Å². The van der Waals surface area contributed by atoms with E-state index in [9.17, 15) is 13.2 Å². The summed E-state index contributed by atoms with van der Waals surface area (Å²) in [5.74, 6) is 0. The Bertz CT molecular complexity index is 816. The zero-order chi connectivity index (χ0) is 15.0. The summed E-state index contributed by atoms with van der Waals surface area (Å²) >= 11 is 0. The normalized spacial score (nSPS) is 11.8. The molecule has 106 valence electrons. The maximum atomic E-state index is 13.0. The fraction of sp³-hybridized carbons (Fsp3) is 0.0769. The third-order valence-corrected chi connectivity index (χ3v) is 2.83. The summed E-state index contributed by atoms with van der Waals surface area (Å²) in [5, 5.41) is 0. The van der Waals surface area contributed by atoms with E-state index in [2.05, 4.69) is 19.9 Å². The number of hydrogen-bond acceptors (Lipinski definition) is 5. The summed E-state index contributed by atoms with van der Waals surface area (Å²) < 4.78 is 39.0. The van der Waals surface area contributed by atoms with E-state index in [4.69, 9.17) is 5.73 Å². The second-order valence-corrected chi connectivity index (χ2v) is 4.22. The average Bonchev–Trinajstić information content (AvgIpc) is 2.46. The van der Waals surface area contributed by atoms with E-state index in [0.29, 0.717) is 11.2 Å². The van der Waals surface area contributed by atoms with Crippen molar-refractivity contribution >= 4 is 16.9 Å². The predicted molar refractivity (Wildman–Crippen MR) is 70.0 cm³/mol. The van der Waals surface area contributed by atoms with Crippen LogP contribution in [0.15, 0.2) is 36.8 Å². The maximum absolute atomic E-state index is 13.0. The Morgan fingerprint density at radius 2 is 1.81 bits per heavy atom. The minimum absolute atomic E-state index is 0.00600. The summed E-state index contributed by atoms with van der Waals surface area (Å²) in [6.45, 7) is 0. The van der Waals surface area contributed by atoms with Gasteiger partial charge in [0.15, 0.2) is 5.65 Å². The largest absolute Gasteiger partial charge is 0.418 e. The third-order valence-electron chi connectivity index (χ3n) is 2.83. The topological polar surface area (TPSA) is 77.6 Å². The van der Waals surface area contributed by atoms with Crippen molar-refractivity contribution in [1.82, 2.24) is 19.9 Å². The van der Waals surface area contributed by atoms with Crippen molar-refractivity contribution in [2.24, 2.45) is 0 Å². The highest BCUT2D eigenvalue weighted by Crippen LogP contribution is 2.35. The number of nitrogen functional groups attached to an aromatic ring is 1. The van der Waals surface area contributed by atoms with Gasteiger partial charge in [0, 0.05) is 12.4 Å². The minimum atomic E-state index is -4.52. The standard InChI is InChI=1S/C13H8F3N5/c14-13(15,16)7-2-1-4-18-10(7)9-6-20-11-8(17)3-5-19-12(11)21-9/h1-6H,(H2,17,19,21). The molecule has 0 unspecified atom stereocenters. The molecule has 0 aromatic carbocycles. The number of anilines is 1. The highest BCUT2D eigenvalue weighted by atomic mass is 19.4. The Labute approximate surface area is 116 Å². The Morgan fingerprint density at radius 1 is 1.00 bits per heavy atom. The second kappa shape index (κ2) is 4.65. The zero-order valence-corrected chi connectivity index (χ0v) is 10.5. The van der Waals surface area contributed by atoms with Gasteiger partial charge in [-0.15, -0.1) is 0 Å². The Balaban J connectivity index is 2.22. The van der Waals surface area contributed by atoms with Gasteiger partial charge in [-0.1, -0.05) is 0 Å². The van der Waals surface area contributed by atoms with Gasteiger partial charge in [-0.25, -0.2) is 15.0 Å². The molecule has 2 N–H and O–H groups in total. The first-order chi connectivity index (χ1) is 9.97. The molecule has 0 saturated heterocycles. The molecule has 5 nitrogen and oxygen atoms in total. The van der Waals surface area contributed by atoms with Crippen LogP contribution in [0.3, 0.4) is 0 Å². The zero-order valence-electron chi connectivity index (χ0n) is 10.5. The first kappa shape index (κ1) is 13.2. The van der Waals surface area contributed by atoms with Crippen LogP contribution < -0.4 is 5.73 Å². The number of alkyl halides is 3. The monoisotopic (exact) mass is 291 g/mol. The number of hydrogen-bond donors (Lipinski definition) is 1. The van der Waals surface area contributed by atoms with Crippen LogP contribution in [0.25, 0.3) is 22.6 Å². The SMILES string of the molecule is Nc1ccnc2nc(-c3ncccc3C(F)(F)F)cnc12. The summed E-state index contributed by atoms with van der Waals surface area (Å²) in [4.78, 5) is 15.8. The quantitative estimate of drug-likeness (QED) is 0.745. The number of fused-ring (bicyclic) bond motifs is 1. The smallest absolute Gasteiger partial charge is 0.397 e.